The van der Waals surface area contributed by atoms with E-state index < -0.39 is 0 Å². The quantitative estimate of drug-likeness (QED) is 0.846. The van der Waals surface area contributed by atoms with Crippen LogP contribution in [-0.4, -0.2) is 33.7 Å². The van der Waals surface area contributed by atoms with Crippen LogP contribution in [0.1, 0.15) is 24.4 Å². The van der Waals surface area contributed by atoms with Crippen molar-refractivity contribution in [2.75, 3.05) is 19.6 Å². The largest absolute Gasteiger partial charge is 0.330 e. The number of halogens is 1. The van der Waals surface area contributed by atoms with Crippen LogP contribution in [0.3, 0.4) is 0 Å². The average Bonchev–Trinajstić information content (AvgIpc) is 2.60. The summed E-state index contributed by atoms with van der Waals surface area (Å²) >= 11 is 0. The number of benzene rings is 1. The van der Waals surface area contributed by atoms with Crippen molar-refractivity contribution in [2.24, 2.45) is 7.05 Å². The molecule has 1 fully saturated rings. The predicted octanol–water partition coefficient (Wildman–Crippen LogP) is 1.85. The molecule has 2 heterocycles. The molecule has 1 aromatic carbocycles. The van der Waals surface area contributed by atoms with Crippen molar-refractivity contribution in [1.29, 1.82) is 0 Å². The zero-order chi connectivity index (χ0) is 16.2. The maximum absolute atomic E-state index is 12.2. The second kappa shape index (κ2) is 8.31. The summed E-state index contributed by atoms with van der Waals surface area (Å²) in [6.45, 7) is 3.04. The first-order valence-corrected chi connectivity index (χ1v) is 8.19. The van der Waals surface area contributed by atoms with Crippen LogP contribution in [0.4, 0.5) is 0 Å². The lowest BCUT2D eigenvalue weighted by Crippen LogP contribution is -2.42. The smallest absolute Gasteiger partial charge is 0.303 e. The number of hydrogen-bond acceptors (Lipinski definition) is 3. The third-order valence-corrected chi connectivity index (χ3v) is 4.73. The summed E-state index contributed by atoms with van der Waals surface area (Å²) in [5.74, 6) is 0. The highest BCUT2D eigenvalue weighted by Crippen LogP contribution is 2.20. The van der Waals surface area contributed by atoms with Crippen LogP contribution in [0, 0.1) is 0 Å². The Hall–Kier alpha value is -1.85. The molecule has 0 spiro atoms. The molecule has 24 heavy (non-hydrogen) atoms. The van der Waals surface area contributed by atoms with E-state index in [0.717, 1.165) is 38.9 Å². The molecular formula is C18H24ClN3O2. The van der Waals surface area contributed by atoms with Crippen LogP contribution in [0.2, 0.25) is 0 Å². The van der Waals surface area contributed by atoms with Gasteiger partial charge in [0.2, 0.25) is 0 Å². The monoisotopic (exact) mass is 349 g/mol. The van der Waals surface area contributed by atoms with E-state index in [4.69, 9.17) is 0 Å². The normalized spacial score (nSPS) is 15.9. The van der Waals surface area contributed by atoms with Gasteiger partial charge >= 0.3 is 5.69 Å². The molecule has 130 valence electrons. The van der Waals surface area contributed by atoms with E-state index in [2.05, 4.69) is 29.2 Å². The SMILES string of the molecule is Cl.Cn1c(=O)ccn(C2CCN(CCc3ccccc3)CC2)c1=O. The predicted molar refractivity (Wildman–Crippen MR) is 98.0 cm³/mol. The first-order valence-electron chi connectivity index (χ1n) is 8.19. The van der Waals surface area contributed by atoms with Gasteiger partial charge in [-0.3, -0.25) is 13.9 Å². The van der Waals surface area contributed by atoms with Crippen LogP contribution in [0.15, 0.2) is 52.2 Å². The number of aromatic nitrogens is 2. The minimum atomic E-state index is -0.244. The minimum absolute atomic E-state index is 0. The molecule has 0 saturated carbocycles. The van der Waals surface area contributed by atoms with Crippen molar-refractivity contribution in [1.82, 2.24) is 14.0 Å². The Morgan fingerprint density at radius 1 is 1.04 bits per heavy atom. The van der Waals surface area contributed by atoms with Crippen molar-refractivity contribution in [3.05, 3.63) is 69.0 Å². The molecule has 2 aromatic rings. The Bertz CT molecular complexity index is 762. The van der Waals surface area contributed by atoms with Gasteiger partial charge in [0.1, 0.15) is 0 Å². The summed E-state index contributed by atoms with van der Waals surface area (Å²) in [6, 6.07) is 12.2. The van der Waals surface area contributed by atoms with Crippen molar-refractivity contribution in [3.8, 4) is 0 Å². The summed E-state index contributed by atoms with van der Waals surface area (Å²) in [6.07, 6.45) is 4.61. The van der Waals surface area contributed by atoms with Crippen LogP contribution in [0.5, 0.6) is 0 Å². The molecule has 0 atom stereocenters. The molecule has 0 amide bonds. The lowest BCUT2D eigenvalue weighted by molar-refractivity contribution is 0.184. The van der Waals surface area contributed by atoms with Gasteiger partial charge in [-0.25, -0.2) is 4.79 Å². The standard InChI is InChI=1S/C18H23N3O2.ClH/c1-19-17(22)10-14-21(18(19)23)16-8-12-20(13-9-16)11-7-15-5-3-2-4-6-15;/h2-6,10,14,16H,7-9,11-13H2,1H3;1H. The Balaban J connectivity index is 0.00000208. The average molecular weight is 350 g/mol. The summed E-state index contributed by atoms with van der Waals surface area (Å²) in [5, 5.41) is 0. The van der Waals surface area contributed by atoms with E-state index in [-0.39, 0.29) is 29.7 Å². The van der Waals surface area contributed by atoms with Gasteiger partial charge in [0, 0.05) is 45.0 Å². The van der Waals surface area contributed by atoms with Crippen LogP contribution >= 0.6 is 12.4 Å². The van der Waals surface area contributed by atoms with Gasteiger partial charge in [-0.2, -0.15) is 0 Å². The van der Waals surface area contributed by atoms with E-state index >= 15 is 0 Å². The lowest BCUT2D eigenvalue weighted by atomic mass is 10.0. The van der Waals surface area contributed by atoms with Crippen LogP contribution in [-0.2, 0) is 13.5 Å². The van der Waals surface area contributed by atoms with E-state index in [1.807, 2.05) is 6.07 Å². The van der Waals surface area contributed by atoms with Crippen molar-refractivity contribution < 1.29 is 0 Å². The molecule has 1 aliphatic rings. The Kier molecular flexibility index (Phi) is 6.40. The van der Waals surface area contributed by atoms with Gasteiger partial charge in [0.05, 0.1) is 0 Å². The number of nitrogens with zero attached hydrogens (tertiary/aromatic N) is 3. The molecule has 0 N–H and O–H groups in total. The van der Waals surface area contributed by atoms with Gasteiger partial charge in [-0.05, 0) is 24.8 Å². The molecule has 0 unspecified atom stereocenters. The molecule has 0 radical (unpaired) electrons. The highest BCUT2D eigenvalue weighted by atomic mass is 35.5. The van der Waals surface area contributed by atoms with E-state index in [1.165, 1.54) is 23.2 Å². The fourth-order valence-electron chi connectivity index (χ4n) is 3.22. The molecule has 5 nitrogen and oxygen atoms in total. The first-order chi connectivity index (χ1) is 11.1. The van der Waals surface area contributed by atoms with Crippen molar-refractivity contribution in [2.45, 2.75) is 25.3 Å². The number of hydrogen-bond donors (Lipinski definition) is 0. The highest BCUT2D eigenvalue weighted by Gasteiger charge is 2.21. The fourth-order valence-corrected chi connectivity index (χ4v) is 3.22. The second-order valence-electron chi connectivity index (χ2n) is 6.21. The van der Waals surface area contributed by atoms with E-state index in [0.29, 0.717) is 0 Å². The third-order valence-electron chi connectivity index (χ3n) is 4.73. The van der Waals surface area contributed by atoms with E-state index in [1.54, 1.807) is 10.8 Å². The maximum Gasteiger partial charge on any atom is 0.330 e. The van der Waals surface area contributed by atoms with Gasteiger partial charge in [0.15, 0.2) is 0 Å². The summed E-state index contributed by atoms with van der Waals surface area (Å²) in [4.78, 5) is 26.1. The van der Waals surface area contributed by atoms with Gasteiger partial charge in [-0.1, -0.05) is 30.3 Å². The second-order valence-corrected chi connectivity index (χ2v) is 6.21. The van der Waals surface area contributed by atoms with Gasteiger partial charge < -0.3 is 4.90 Å². The third kappa shape index (κ3) is 4.16. The molecule has 0 aliphatic carbocycles. The van der Waals surface area contributed by atoms with Crippen molar-refractivity contribution >= 4 is 12.4 Å². The Labute approximate surface area is 147 Å². The highest BCUT2D eigenvalue weighted by molar-refractivity contribution is 5.85. The van der Waals surface area contributed by atoms with E-state index in [9.17, 15) is 9.59 Å². The number of rotatable bonds is 4. The summed E-state index contributed by atoms with van der Waals surface area (Å²) in [7, 11) is 1.54. The maximum atomic E-state index is 12.2. The summed E-state index contributed by atoms with van der Waals surface area (Å²) < 4.78 is 2.90. The van der Waals surface area contributed by atoms with Gasteiger partial charge in [0.25, 0.3) is 5.56 Å². The molecule has 1 aromatic heterocycles. The molecule has 6 heteroatoms. The first kappa shape index (κ1) is 18.5. The number of piperidine rings is 1. The van der Waals surface area contributed by atoms with Gasteiger partial charge in [-0.15, -0.1) is 12.4 Å². The molecule has 0 bridgehead atoms. The molecule has 3 rings (SSSR count). The molecule has 1 saturated heterocycles. The Morgan fingerprint density at radius 3 is 2.38 bits per heavy atom. The zero-order valence-electron chi connectivity index (χ0n) is 13.9. The Morgan fingerprint density at radius 2 is 1.71 bits per heavy atom. The van der Waals surface area contributed by atoms with Crippen LogP contribution in [0.25, 0.3) is 0 Å². The molecular weight excluding hydrogens is 326 g/mol. The lowest BCUT2D eigenvalue weighted by Gasteiger charge is -2.32. The zero-order valence-corrected chi connectivity index (χ0v) is 14.7. The van der Waals surface area contributed by atoms with Crippen LogP contribution < -0.4 is 11.2 Å². The minimum Gasteiger partial charge on any atom is -0.303 e. The fraction of sp³-hybridized carbons (Fsp3) is 0.444. The molecule has 1 aliphatic heterocycles. The topological polar surface area (TPSA) is 47.2 Å². The summed E-state index contributed by atoms with van der Waals surface area (Å²) in [5.41, 5.74) is 0.913. The number of likely N-dealkylation sites (tertiary alicyclic amines) is 1. The van der Waals surface area contributed by atoms with Crippen molar-refractivity contribution in [3.63, 3.8) is 0 Å².